The summed E-state index contributed by atoms with van der Waals surface area (Å²) >= 11 is 0. The Hall–Kier alpha value is -3.73. The van der Waals surface area contributed by atoms with Gasteiger partial charge in [0, 0.05) is 75.5 Å². The SMILES string of the molecule is O=C(CCC(F)(F)F)N1CC=C(c2cccn3nc(Cc4ccc(C(=O)N5CCN(C6CCCCC6)CC5)cc4)nc23)CC1. The maximum atomic E-state index is 13.2. The van der Waals surface area contributed by atoms with Gasteiger partial charge in [0.15, 0.2) is 11.5 Å². The molecule has 1 aliphatic carbocycles. The van der Waals surface area contributed by atoms with E-state index in [4.69, 9.17) is 4.98 Å². The first-order valence-electron chi connectivity index (χ1n) is 15.7. The summed E-state index contributed by atoms with van der Waals surface area (Å²) in [4.78, 5) is 36.2. The van der Waals surface area contributed by atoms with Crippen LogP contribution in [-0.4, -0.2) is 92.6 Å². The number of nitrogens with zero attached hydrogens (tertiary/aromatic N) is 6. The highest BCUT2D eigenvalue weighted by Gasteiger charge is 2.30. The van der Waals surface area contributed by atoms with Crippen LogP contribution in [0.3, 0.4) is 0 Å². The van der Waals surface area contributed by atoms with E-state index in [9.17, 15) is 22.8 Å². The summed E-state index contributed by atoms with van der Waals surface area (Å²) in [5.74, 6) is 0.248. The monoisotopic (exact) mass is 608 g/mol. The summed E-state index contributed by atoms with van der Waals surface area (Å²) in [5.41, 5.74) is 4.30. The Bertz CT molecular complexity index is 1500. The third-order valence-corrected chi connectivity index (χ3v) is 9.19. The first-order chi connectivity index (χ1) is 21.2. The molecule has 1 saturated carbocycles. The van der Waals surface area contributed by atoms with Crippen molar-refractivity contribution in [3.63, 3.8) is 0 Å². The fraction of sp³-hybridized carbons (Fsp3) is 0.515. The number of hydrogen-bond donors (Lipinski definition) is 0. The Morgan fingerprint density at radius 3 is 2.34 bits per heavy atom. The van der Waals surface area contributed by atoms with Gasteiger partial charge in [-0.3, -0.25) is 14.5 Å². The Morgan fingerprint density at radius 1 is 0.909 bits per heavy atom. The van der Waals surface area contributed by atoms with E-state index in [0.717, 1.165) is 42.9 Å². The molecule has 2 fully saturated rings. The van der Waals surface area contributed by atoms with E-state index >= 15 is 0 Å². The molecular formula is C33H39F3N6O2. The molecule has 0 bridgehead atoms. The van der Waals surface area contributed by atoms with Gasteiger partial charge in [0.2, 0.25) is 5.91 Å². The van der Waals surface area contributed by atoms with Gasteiger partial charge >= 0.3 is 6.18 Å². The molecule has 1 aromatic carbocycles. The smallest absolute Gasteiger partial charge is 0.339 e. The topological polar surface area (TPSA) is 74.1 Å². The number of hydrogen-bond acceptors (Lipinski definition) is 5. The summed E-state index contributed by atoms with van der Waals surface area (Å²) in [6, 6.07) is 12.2. The third kappa shape index (κ3) is 7.14. The average Bonchev–Trinajstić information content (AvgIpc) is 3.46. The van der Waals surface area contributed by atoms with Crippen molar-refractivity contribution < 1.29 is 22.8 Å². The van der Waals surface area contributed by atoms with E-state index in [1.54, 1.807) is 4.52 Å². The normalized spacial score (nSPS) is 18.9. The number of alkyl halides is 3. The predicted octanol–water partition coefficient (Wildman–Crippen LogP) is 5.37. The molecule has 0 spiro atoms. The van der Waals surface area contributed by atoms with Gasteiger partial charge in [-0.25, -0.2) is 9.50 Å². The van der Waals surface area contributed by atoms with Gasteiger partial charge < -0.3 is 9.80 Å². The molecule has 2 aliphatic heterocycles. The van der Waals surface area contributed by atoms with Crippen molar-refractivity contribution in [1.29, 1.82) is 0 Å². The number of halogens is 3. The van der Waals surface area contributed by atoms with Crippen LogP contribution in [0.2, 0.25) is 0 Å². The van der Waals surface area contributed by atoms with Crippen LogP contribution in [0.4, 0.5) is 13.2 Å². The van der Waals surface area contributed by atoms with Crippen LogP contribution >= 0.6 is 0 Å². The van der Waals surface area contributed by atoms with Crippen molar-refractivity contribution in [2.45, 2.75) is 70.0 Å². The number of pyridine rings is 1. The average molecular weight is 609 g/mol. The van der Waals surface area contributed by atoms with Crippen molar-refractivity contribution >= 4 is 23.0 Å². The lowest BCUT2D eigenvalue weighted by Gasteiger charge is -2.40. The van der Waals surface area contributed by atoms with Gasteiger partial charge in [-0.05, 0) is 54.7 Å². The molecule has 3 aromatic rings. The molecule has 1 saturated heterocycles. The number of piperazine rings is 1. The molecule has 0 atom stereocenters. The van der Waals surface area contributed by atoms with Crippen LogP contribution in [0.25, 0.3) is 11.2 Å². The Balaban J connectivity index is 1.06. The lowest BCUT2D eigenvalue weighted by Crippen LogP contribution is -2.52. The van der Waals surface area contributed by atoms with E-state index in [1.807, 2.05) is 53.6 Å². The highest BCUT2D eigenvalue weighted by Crippen LogP contribution is 2.28. The first kappa shape index (κ1) is 30.3. The molecule has 2 aromatic heterocycles. The van der Waals surface area contributed by atoms with Crippen LogP contribution in [0.1, 0.15) is 78.7 Å². The van der Waals surface area contributed by atoms with Gasteiger partial charge in [0.25, 0.3) is 5.91 Å². The largest absolute Gasteiger partial charge is 0.389 e. The minimum Gasteiger partial charge on any atom is -0.339 e. The van der Waals surface area contributed by atoms with Crippen LogP contribution in [0, 0.1) is 0 Å². The number of carbonyl (C=O) groups is 2. The summed E-state index contributed by atoms with van der Waals surface area (Å²) in [6.07, 6.45) is 5.37. The maximum Gasteiger partial charge on any atom is 0.389 e. The second-order valence-electron chi connectivity index (χ2n) is 12.1. The van der Waals surface area contributed by atoms with Crippen LogP contribution in [0.15, 0.2) is 48.7 Å². The Kier molecular flexibility index (Phi) is 9.02. The standard InChI is InChI=1S/C33H39F3N6O2/c34-33(35,36)15-12-30(43)40-17-13-25(14-18-40)28-7-4-16-42-31(28)37-29(38-42)23-24-8-10-26(11-9-24)32(44)41-21-19-39(20-22-41)27-5-2-1-3-6-27/h4,7-11,13,16,27H,1-3,5-6,12,14-15,17-23H2. The van der Waals surface area contributed by atoms with E-state index in [1.165, 1.54) is 37.0 Å². The molecule has 0 radical (unpaired) electrons. The van der Waals surface area contributed by atoms with Crippen LogP contribution in [0.5, 0.6) is 0 Å². The number of fused-ring (bicyclic) bond motifs is 1. The summed E-state index contributed by atoms with van der Waals surface area (Å²) in [6.45, 7) is 4.08. The predicted molar refractivity (Wildman–Crippen MR) is 161 cm³/mol. The zero-order valence-corrected chi connectivity index (χ0v) is 24.9. The fourth-order valence-corrected chi connectivity index (χ4v) is 6.69. The van der Waals surface area contributed by atoms with Gasteiger partial charge in [0.1, 0.15) is 0 Å². The highest BCUT2D eigenvalue weighted by atomic mass is 19.4. The van der Waals surface area contributed by atoms with Gasteiger partial charge in [-0.15, -0.1) is 0 Å². The van der Waals surface area contributed by atoms with Crippen molar-refractivity contribution in [2.75, 3.05) is 39.3 Å². The molecule has 6 rings (SSSR count). The number of amides is 2. The molecule has 11 heteroatoms. The lowest BCUT2D eigenvalue weighted by atomic mass is 9.94. The Labute approximate surface area is 255 Å². The minimum absolute atomic E-state index is 0.0803. The molecule has 234 valence electrons. The second-order valence-corrected chi connectivity index (χ2v) is 12.1. The minimum atomic E-state index is -4.34. The van der Waals surface area contributed by atoms with E-state index in [-0.39, 0.29) is 12.5 Å². The maximum absolute atomic E-state index is 13.2. The molecule has 0 N–H and O–H groups in total. The summed E-state index contributed by atoms with van der Waals surface area (Å²) < 4.78 is 39.3. The number of carbonyl (C=O) groups excluding carboxylic acids is 2. The zero-order valence-electron chi connectivity index (χ0n) is 24.9. The first-order valence-corrected chi connectivity index (χ1v) is 15.7. The van der Waals surface area contributed by atoms with Gasteiger partial charge in [0.05, 0.1) is 6.42 Å². The quantitative estimate of drug-likeness (QED) is 0.361. The molecule has 0 unspecified atom stereocenters. The second kappa shape index (κ2) is 13.1. The fourth-order valence-electron chi connectivity index (χ4n) is 6.69. The molecule has 4 heterocycles. The van der Waals surface area contributed by atoms with Crippen LogP contribution < -0.4 is 0 Å². The highest BCUT2D eigenvalue weighted by molar-refractivity contribution is 5.94. The van der Waals surface area contributed by atoms with E-state index in [0.29, 0.717) is 42.5 Å². The molecule has 2 amide bonds. The zero-order chi connectivity index (χ0) is 30.7. The lowest BCUT2D eigenvalue weighted by molar-refractivity contribution is -0.148. The number of benzene rings is 1. The van der Waals surface area contributed by atoms with Crippen molar-refractivity contribution in [3.05, 3.63) is 71.2 Å². The Morgan fingerprint density at radius 2 is 1.66 bits per heavy atom. The van der Waals surface area contributed by atoms with Crippen molar-refractivity contribution in [3.8, 4) is 0 Å². The number of rotatable bonds is 7. The van der Waals surface area contributed by atoms with Crippen LogP contribution in [-0.2, 0) is 11.2 Å². The van der Waals surface area contributed by atoms with Gasteiger partial charge in [-0.1, -0.05) is 37.5 Å². The molecule has 44 heavy (non-hydrogen) atoms. The summed E-state index contributed by atoms with van der Waals surface area (Å²) in [7, 11) is 0. The van der Waals surface area contributed by atoms with Gasteiger partial charge in [-0.2, -0.15) is 18.3 Å². The van der Waals surface area contributed by atoms with Crippen molar-refractivity contribution in [2.24, 2.45) is 0 Å². The summed E-state index contributed by atoms with van der Waals surface area (Å²) in [5, 5.41) is 4.66. The molecule has 3 aliphatic rings. The van der Waals surface area contributed by atoms with E-state index in [2.05, 4.69) is 10.00 Å². The molecular weight excluding hydrogens is 569 g/mol. The van der Waals surface area contributed by atoms with E-state index < -0.39 is 24.9 Å². The third-order valence-electron chi connectivity index (χ3n) is 9.19. The number of aromatic nitrogens is 3. The van der Waals surface area contributed by atoms with Crippen molar-refractivity contribution in [1.82, 2.24) is 29.3 Å². The molecule has 8 nitrogen and oxygen atoms in total.